The van der Waals surface area contributed by atoms with E-state index in [2.05, 4.69) is 20.7 Å². The zero-order chi connectivity index (χ0) is 14.5. The van der Waals surface area contributed by atoms with Gasteiger partial charge >= 0.3 is 0 Å². The number of hydrogen-bond donors (Lipinski definition) is 2. The third-order valence-electron chi connectivity index (χ3n) is 2.97. The number of halogens is 1. The number of hydrogen-bond acceptors (Lipinski definition) is 3. The van der Waals surface area contributed by atoms with Crippen molar-refractivity contribution in [2.24, 2.45) is 5.73 Å². The molecule has 108 valence electrons. The molecule has 1 unspecified atom stereocenters. The lowest BCUT2D eigenvalue weighted by molar-refractivity contribution is 0.512. The van der Waals surface area contributed by atoms with Crippen molar-refractivity contribution in [3.05, 3.63) is 28.2 Å². The van der Waals surface area contributed by atoms with E-state index < -0.39 is 10.0 Å². The fourth-order valence-electron chi connectivity index (χ4n) is 1.87. The van der Waals surface area contributed by atoms with Gasteiger partial charge in [0, 0.05) is 17.1 Å². The average Bonchev–Trinajstić information content (AvgIpc) is 2.37. The average molecular weight is 349 g/mol. The molecule has 0 aliphatic carbocycles. The molecule has 0 saturated carbocycles. The molecule has 0 heterocycles. The SMILES string of the molecule is CCCC(CC)NS(=O)(=O)c1ccc(CN)cc1Br. The van der Waals surface area contributed by atoms with E-state index >= 15 is 0 Å². The van der Waals surface area contributed by atoms with Crippen LogP contribution < -0.4 is 10.5 Å². The summed E-state index contributed by atoms with van der Waals surface area (Å²) >= 11 is 3.30. The van der Waals surface area contributed by atoms with Crippen LogP contribution in [0, 0.1) is 0 Å². The number of nitrogens with two attached hydrogens (primary N) is 1. The summed E-state index contributed by atoms with van der Waals surface area (Å²) < 4.78 is 27.9. The first-order valence-electron chi connectivity index (χ1n) is 6.45. The Morgan fingerprint density at radius 2 is 2.05 bits per heavy atom. The van der Waals surface area contributed by atoms with Crippen molar-refractivity contribution in [2.75, 3.05) is 0 Å². The van der Waals surface area contributed by atoms with Crippen LogP contribution >= 0.6 is 15.9 Å². The maximum atomic E-state index is 12.3. The normalized spacial score (nSPS) is 13.5. The molecule has 0 spiro atoms. The Bertz CT molecular complexity index is 517. The van der Waals surface area contributed by atoms with Crippen LogP contribution in [-0.2, 0) is 16.6 Å². The van der Waals surface area contributed by atoms with Gasteiger partial charge in [-0.2, -0.15) is 0 Å². The molecule has 3 N–H and O–H groups in total. The van der Waals surface area contributed by atoms with Gasteiger partial charge in [-0.1, -0.05) is 26.3 Å². The second-order valence-corrected chi connectivity index (χ2v) is 7.02. The molecular formula is C13H21BrN2O2S. The largest absolute Gasteiger partial charge is 0.326 e. The van der Waals surface area contributed by atoms with Crippen LogP contribution in [0.15, 0.2) is 27.6 Å². The lowest BCUT2D eigenvalue weighted by Gasteiger charge is -2.17. The quantitative estimate of drug-likeness (QED) is 0.795. The minimum atomic E-state index is -3.49. The van der Waals surface area contributed by atoms with Crippen LogP contribution in [0.1, 0.15) is 38.7 Å². The van der Waals surface area contributed by atoms with Gasteiger partial charge in [-0.3, -0.25) is 0 Å². The van der Waals surface area contributed by atoms with Gasteiger partial charge in [0.1, 0.15) is 0 Å². The lowest BCUT2D eigenvalue weighted by atomic mass is 10.1. The Morgan fingerprint density at radius 1 is 1.37 bits per heavy atom. The Balaban J connectivity index is 3.00. The second kappa shape index (κ2) is 7.38. The molecule has 1 rings (SSSR count). The highest BCUT2D eigenvalue weighted by molar-refractivity contribution is 9.10. The van der Waals surface area contributed by atoms with E-state index in [0.29, 0.717) is 11.0 Å². The topological polar surface area (TPSA) is 72.2 Å². The molecule has 0 bridgehead atoms. The van der Waals surface area contributed by atoms with Gasteiger partial charge in [0.2, 0.25) is 10.0 Å². The summed E-state index contributed by atoms with van der Waals surface area (Å²) in [4.78, 5) is 0.263. The summed E-state index contributed by atoms with van der Waals surface area (Å²) in [7, 11) is -3.49. The molecule has 1 aromatic carbocycles. The first-order chi connectivity index (χ1) is 8.94. The number of sulfonamides is 1. The molecule has 6 heteroatoms. The van der Waals surface area contributed by atoms with Gasteiger partial charge in [-0.25, -0.2) is 13.1 Å². The number of rotatable bonds is 7. The van der Waals surface area contributed by atoms with E-state index in [1.54, 1.807) is 18.2 Å². The molecule has 0 amide bonds. The summed E-state index contributed by atoms with van der Waals surface area (Å²) in [6.45, 7) is 4.41. The van der Waals surface area contributed by atoms with Gasteiger partial charge in [0.15, 0.2) is 0 Å². The molecular weight excluding hydrogens is 328 g/mol. The van der Waals surface area contributed by atoms with Crippen molar-refractivity contribution >= 4 is 26.0 Å². The predicted molar refractivity (Wildman–Crippen MR) is 81.3 cm³/mol. The zero-order valence-electron chi connectivity index (χ0n) is 11.3. The van der Waals surface area contributed by atoms with Gasteiger partial charge in [0.05, 0.1) is 4.90 Å². The van der Waals surface area contributed by atoms with Crippen molar-refractivity contribution in [1.29, 1.82) is 0 Å². The smallest absolute Gasteiger partial charge is 0.241 e. The standard InChI is InChI=1S/C13H21BrN2O2S/c1-3-5-11(4-2)16-19(17,18)13-7-6-10(9-15)8-12(13)14/h6-8,11,16H,3-5,9,15H2,1-2H3. The minimum absolute atomic E-state index is 0.0175. The third-order valence-corrected chi connectivity index (χ3v) is 5.47. The highest BCUT2D eigenvalue weighted by Gasteiger charge is 2.21. The van der Waals surface area contributed by atoms with Crippen LogP contribution in [0.2, 0.25) is 0 Å². The summed E-state index contributed by atoms with van der Waals surface area (Å²) in [5.41, 5.74) is 6.43. The molecule has 0 aliphatic heterocycles. The Morgan fingerprint density at radius 3 is 2.53 bits per heavy atom. The van der Waals surface area contributed by atoms with E-state index in [4.69, 9.17) is 5.73 Å². The first-order valence-corrected chi connectivity index (χ1v) is 8.73. The van der Waals surface area contributed by atoms with Crippen LogP contribution in [0.4, 0.5) is 0 Å². The van der Waals surface area contributed by atoms with E-state index in [1.165, 1.54) is 0 Å². The van der Waals surface area contributed by atoms with E-state index in [0.717, 1.165) is 24.8 Å². The minimum Gasteiger partial charge on any atom is -0.326 e. The fraction of sp³-hybridized carbons (Fsp3) is 0.538. The molecule has 19 heavy (non-hydrogen) atoms. The molecule has 0 fully saturated rings. The molecule has 0 aromatic heterocycles. The third kappa shape index (κ3) is 4.56. The van der Waals surface area contributed by atoms with Crippen molar-refractivity contribution in [3.8, 4) is 0 Å². The number of nitrogens with one attached hydrogen (secondary N) is 1. The van der Waals surface area contributed by atoms with Gasteiger partial charge < -0.3 is 5.73 Å². The summed E-state index contributed by atoms with van der Waals surface area (Å²) in [5, 5.41) is 0. The predicted octanol–water partition coefficient (Wildman–Crippen LogP) is 2.76. The maximum Gasteiger partial charge on any atom is 0.241 e. The van der Waals surface area contributed by atoms with Crippen LogP contribution in [0.3, 0.4) is 0 Å². The highest BCUT2D eigenvalue weighted by atomic mass is 79.9. The van der Waals surface area contributed by atoms with Crippen molar-refractivity contribution in [2.45, 2.75) is 50.6 Å². The van der Waals surface area contributed by atoms with Gasteiger partial charge in [-0.05, 0) is 46.5 Å². The van der Waals surface area contributed by atoms with Gasteiger partial charge in [0.25, 0.3) is 0 Å². The molecule has 4 nitrogen and oxygen atoms in total. The van der Waals surface area contributed by atoms with Gasteiger partial charge in [-0.15, -0.1) is 0 Å². The lowest BCUT2D eigenvalue weighted by Crippen LogP contribution is -2.34. The van der Waals surface area contributed by atoms with E-state index in [-0.39, 0.29) is 10.9 Å². The summed E-state index contributed by atoms with van der Waals surface area (Å²) in [6.07, 6.45) is 2.58. The van der Waals surface area contributed by atoms with Crippen LogP contribution in [0.5, 0.6) is 0 Å². The Hall–Kier alpha value is -0.430. The molecule has 0 aliphatic rings. The second-order valence-electron chi connectivity index (χ2n) is 4.48. The molecule has 0 radical (unpaired) electrons. The van der Waals surface area contributed by atoms with Crippen molar-refractivity contribution in [3.63, 3.8) is 0 Å². The van der Waals surface area contributed by atoms with Crippen LogP contribution in [-0.4, -0.2) is 14.5 Å². The molecule has 1 aromatic rings. The fourth-order valence-corrected chi connectivity index (χ4v) is 4.35. The summed E-state index contributed by atoms with van der Waals surface area (Å²) in [6, 6.07) is 5.05. The first kappa shape index (κ1) is 16.6. The number of benzene rings is 1. The monoisotopic (exact) mass is 348 g/mol. The zero-order valence-corrected chi connectivity index (χ0v) is 13.7. The van der Waals surface area contributed by atoms with E-state index in [1.807, 2.05) is 13.8 Å². The maximum absolute atomic E-state index is 12.3. The molecule has 0 saturated heterocycles. The Kier molecular flexibility index (Phi) is 6.46. The molecule has 1 atom stereocenters. The van der Waals surface area contributed by atoms with Crippen LogP contribution in [0.25, 0.3) is 0 Å². The van der Waals surface area contributed by atoms with Crippen molar-refractivity contribution < 1.29 is 8.42 Å². The highest BCUT2D eigenvalue weighted by Crippen LogP contribution is 2.23. The Labute approximate surface area is 124 Å². The summed E-state index contributed by atoms with van der Waals surface area (Å²) in [5.74, 6) is 0. The van der Waals surface area contributed by atoms with Crippen molar-refractivity contribution in [1.82, 2.24) is 4.72 Å². The van der Waals surface area contributed by atoms with E-state index in [9.17, 15) is 8.42 Å².